The Bertz CT molecular complexity index is 1760. The summed E-state index contributed by atoms with van der Waals surface area (Å²) in [6, 6.07) is 43.0. The van der Waals surface area contributed by atoms with Crippen molar-refractivity contribution in [2.75, 3.05) is 0 Å². The number of rotatable bonds is 1. The fourth-order valence-corrected chi connectivity index (χ4v) is 6.88. The monoisotopic (exact) mass is 494 g/mol. The third kappa shape index (κ3) is 2.14. The lowest BCUT2D eigenvalue weighted by atomic mass is 9.70. The maximum Gasteiger partial charge on any atom is 0.0726 e. The van der Waals surface area contributed by atoms with Gasteiger partial charge in [0.2, 0.25) is 0 Å². The van der Waals surface area contributed by atoms with Crippen molar-refractivity contribution in [1.29, 1.82) is 0 Å². The van der Waals surface area contributed by atoms with Crippen LogP contribution in [0.4, 0.5) is 0 Å². The van der Waals surface area contributed by atoms with Crippen molar-refractivity contribution in [2.24, 2.45) is 0 Å². The molecule has 0 aliphatic heterocycles. The van der Waals surface area contributed by atoms with Gasteiger partial charge < -0.3 is 0 Å². The Balaban J connectivity index is 1.59. The fourth-order valence-electron chi connectivity index (χ4n) is 6.62. The summed E-state index contributed by atoms with van der Waals surface area (Å²) in [5.41, 5.74) is 10.5. The molecule has 0 unspecified atom stereocenters. The zero-order valence-electron chi connectivity index (χ0n) is 18.3. The lowest BCUT2D eigenvalue weighted by Crippen LogP contribution is -2.26. The van der Waals surface area contributed by atoms with E-state index < -0.39 is 0 Å². The SMILES string of the molecule is Brc1ccc(-c2cc3c4c(ccc5cccc(c54)C34c3ccccc3-c3ccccc34)c2)cc1. The molecule has 1 spiro atoms. The number of hydrogen-bond donors (Lipinski definition) is 0. The van der Waals surface area contributed by atoms with Crippen LogP contribution < -0.4 is 0 Å². The Morgan fingerprint density at radius 1 is 0.441 bits per heavy atom. The molecule has 6 aromatic rings. The molecule has 0 amide bonds. The molecule has 0 nitrogen and oxygen atoms in total. The first-order valence-electron chi connectivity index (χ1n) is 11.7. The van der Waals surface area contributed by atoms with Crippen molar-refractivity contribution in [2.45, 2.75) is 5.41 Å². The standard InChI is InChI=1S/C33H19Br/c34-24-16-14-20(15-17-24)23-18-22-13-12-21-6-5-11-29-31(21)32(22)30(19-23)33(29)27-9-3-1-7-25(27)26-8-2-4-10-28(26)33/h1-19H. The highest BCUT2D eigenvalue weighted by molar-refractivity contribution is 9.10. The number of hydrogen-bond acceptors (Lipinski definition) is 0. The topological polar surface area (TPSA) is 0 Å². The zero-order chi connectivity index (χ0) is 22.4. The number of benzene rings is 6. The Labute approximate surface area is 206 Å². The Kier molecular flexibility index (Phi) is 3.56. The fraction of sp³-hybridized carbons (Fsp3) is 0.0303. The minimum Gasteiger partial charge on any atom is -0.0619 e. The molecule has 8 rings (SSSR count). The first-order valence-corrected chi connectivity index (χ1v) is 12.5. The maximum atomic E-state index is 3.60. The van der Waals surface area contributed by atoms with E-state index in [0.29, 0.717) is 0 Å². The second-order valence-electron chi connectivity index (χ2n) is 9.44. The summed E-state index contributed by atoms with van der Waals surface area (Å²) in [7, 11) is 0. The van der Waals surface area contributed by atoms with E-state index >= 15 is 0 Å². The van der Waals surface area contributed by atoms with Gasteiger partial charge in [-0.25, -0.2) is 0 Å². The van der Waals surface area contributed by atoms with Gasteiger partial charge in [0.1, 0.15) is 0 Å². The summed E-state index contributed by atoms with van der Waals surface area (Å²) < 4.78 is 1.10. The third-order valence-corrected chi connectivity index (χ3v) is 8.42. The summed E-state index contributed by atoms with van der Waals surface area (Å²) in [6.45, 7) is 0. The van der Waals surface area contributed by atoms with Gasteiger partial charge in [-0.1, -0.05) is 107 Å². The van der Waals surface area contributed by atoms with Gasteiger partial charge >= 0.3 is 0 Å². The first kappa shape index (κ1) is 18.7. The summed E-state index contributed by atoms with van der Waals surface area (Å²) in [5.74, 6) is 0. The minimum atomic E-state index is -0.292. The smallest absolute Gasteiger partial charge is 0.0619 e. The second-order valence-corrected chi connectivity index (χ2v) is 10.4. The van der Waals surface area contributed by atoms with Crippen LogP contribution in [0.15, 0.2) is 120 Å². The quantitative estimate of drug-likeness (QED) is 0.199. The number of fused-ring (bicyclic) bond motifs is 7. The van der Waals surface area contributed by atoms with Crippen molar-refractivity contribution in [3.8, 4) is 22.3 Å². The Morgan fingerprint density at radius 3 is 1.79 bits per heavy atom. The van der Waals surface area contributed by atoms with Crippen LogP contribution in [0.5, 0.6) is 0 Å². The minimum absolute atomic E-state index is 0.292. The van der Waals surface area contributed by atoms with E-state index in [-0.39, 0.29) is 5.41 Å². The van der Waals surface area contributed by atoms with Crippen LogP contribution in [0.1, 0.15) is 22.3 Å². The van der Waals surface area contributed by atoms with Gasteiger partial charge in [0.15, 0.2) is 0 Å². The normalized spacial score (nSPS) is 14.3. The molecule has 2 aliphatic rings. The lowest BCUT2D eigenvalue weighted by Gasteiger charge is -2.31. The number of halogens is 1. The highest BCUT2D eigenvalue weighted by Crippen LogP contribution is 2.62. The van der Waals surface area contributed by atoms with Gasteiger partial charge in [0.25, 0.3) is 0 Å². The molecule has 0 fully saturated rings. The lowest BCUT2D eigenvalue weighted by molar-refractivity contribution is 0.797. The van der Waals surface area contributed by atoms with Crippen LogP contribution in [0.2, 0.25) is 0 Å². The van der Waals surface area contributed by atoms with E-state index in [1.165, 1.54) is 66.1 Å². The third-order valence-electron chi connectivity index (χ3n) is 7.90. The van der Waals surface area contributed by atoms with Crippen molar-refractivity contribution >= 4 is 37.5 Å². The van der Waals surface area contributed by atoms with Crippen molar-refractivity contribution in [1.82, 2.24) is 0 Å². The summed E-state index contributed by atoms with van der Waals surface area (Å²) >= 11 is 3.60. The highest BCUT2D eigenvalue weighted by atomic mass is 79.9. The Morgan fingerprint density at radius 2 is 1.06 bits per heavy atom. The molecule has 0 saturated carbocycles. The first-order chi connectivity index (χ1) is 16.8. The van der Waals surface area contributed by atoms with Crippen LogP contribution in [0.25, 0.3) is 43.8 Å². The summed E-state index contributed by atoms with van der Waals surface area (Å²) in [4.78, 5) is 0. The van der Waals surface area contributed by atoms with Crippen molar-refractivity contribution < 1.29 is 0 Å². The molecule has 0 saturated heterocycles. The molecular formula is C33H19Br. The molecule has 2 aliphatic carbocycles. The van der Waals surface area contributed by atoms with E-state index in [0.717, 1.165) is 4.47 Å². The van der Waals surface area contributed by atoms with E-state index in [4.69, 9.17) is 0 Å². The van der Waals surface area contributed by atoms with E-state index in [1.54, 1.807) is 0 Å². The van der Waals surface area contributed by atoms with Crippen molar-refractivity contribution in [3.05, 3.63) is 142 Å². The molecule has 0 N–H and O–H groups in total. The van der Waals surface area contributed by atoms with Gasteiger partial charge in [0, 0.05) is 4.47 Å². The molecule has 34 heavy (non-hydrogen) atoms. The molecule has 0 atom stereocenters. The van der Waals surface area contributed by atoms with E-state index in [1.807, 2.05) is 0 Å². The van der Waals surface area contributed by atoms with Crippen LogP contribution in [-0.4, -0.2) is 0 Å². The van der Waals surface area contributed by atoms with Gasteiger partial charge in [-0.05, 0) is 90.3 Å². The summed E-state index contributed by atoms with van der Waals surface area (Å²) in [5, 5.41) is 5.44. The average molecular weight is 495 g/mol. The average Bonchev–Trinajstić information content (AvgIpc) is 3.36. The van der Waals surface area contributed by atoms with Gasteiger partial charge in [0.05, 0.1) is 5.41 Å². The van der Waals surface area contributed by atoms with Gasteiger partial charge in [-0.3, -0.25) is 0 Å². The van der Waals surface area contributed by atoms with Gasteiger partial charge in [-0.15, -0.1) is 0 Å². The molecular weight excluding hydrogens is 476 g/mol. The molecule has 0 radical (unpaired) electrons. The predicted octanol–water partition coefficient (Wildman–Crippen LogP) is 9.10. The van der Waals surface area contributed by atoms with Crippen LogP contribution in [0, 0.1) is 0 Å². The molecule has 1 heteroatoms. The van der Waals surface area contributed by atoms with Crippen LogP contribution in [-0.2, 0) is 5.41 Å². The van der Waals surface area contributed by atoms with Crippen LogP contribution in [0.3, 0.4) is 0 Å². The van der Waals surface area contributed by atoms with Gasteiger partial charge in [-0.2, -0.15) is 0 Å². The maximum absolute atomic E-state index is 3.60. The summed E-state index contributed by atoms with van der Waals surface area (Å²) in [6.07, 6.45) is 0. The van der Waals surface area contributed by atoms with E-state index in [2.05, 4.69) is 131 Å². The largest absolute Gasteiger partial charge is 0.0726 e. The second kappa shape index (κ2) is 6.46. The Hall–Kier alpha value is -3.68. The predicted molar refractivity (Wildman–Crippen MR) is 145 cm³/mol. The van der Waals surface area contributed by atoms with E-state index in [9.17, 15) is 0 Å². The molecule has 0 heterocycles. The molecule has 6 aromatic carbocycles. The molecule has 0 bridgehead atoms. The zero-order valence-corrected chi connectivity index (χ0v) is 19.9. The molecule has 158 valence electrons. The highest BCUT2D eigenvalue weighted by Gasteiger charge is 2.50. The molecule has 0 aromatic heterocycles. The van der Waals surface area contributed by atoms with Crippen LogP contribution >= 0.6 is 15.9 Å². The van der Waals surface area contributed by atoms with Crippen molar-refractivity contribution in [3.63, 3.8) is 0 Å².